The molecule has 0 atom stereocenters. The van der Waals surface area contributed by atoms with Crippen LogP contribution in [0.2, 0.25) is 0 Å². The van der Waals surface area contributed by atoms with E-state index in [4.69, 9.17) is 9.97 Å². The Hall–Kier alpha value is -3.10. The quantitative estimate of drug-likeness (QED) is 0.534. The zero-order valence-electron chi connectivity index (χ0n) is 15.9. The fourth-order valence-corrected chi connectivity index (χ4v) is 4.11. The van der Waals surface area contributed by atoms with E-state index in [0.717, 1.165) is 44.0 Å². The first-order valence-electron chi connectivity index (χ1n) is 8.82. The van der Waals surface area contributed by atoms with Gasteiger partial charge in [0.1, 0.15) is 5.01 Å². The number of hydrogen-bond acceptors (Lipinski definition) is 7. The van der Waals surface area contributed by atoms with E-state index in [1.165, 1.54) is 6.92 Å². The summed E-state index contributed by atoms with van der Waals surface area (Å²) < 4.78 is 1.06. The summed E-state index contributed by atoms with van der Waals surface area (Å²) in [5, 5.41) is 8.02. The lowest BCUT2D eigenvalue weighted by molar-refractivity contribution is -0.114. The Morgan fingerprint density at radius 3 is 2.75 bits per heavy atom. The predicted octanol–water partition coefficient (Wildman–Crippen LogP) is 4.00. The smallest absolute Gasteiger partial charge is 0.227 e. The molecular weight excluding hydrogens is 372 g/mol. The zero-order chi connectivity index (χ0) is 19.7. The molecule has 2 aromatic carbocycles. The van der Waals surface area contributed by atoms with Crippen LogP contribution in [0.5, 0.6) is 0 Å². The van der Waals surface area contributed by atoms with E-state index in [1.54, 1.807) is 11.3 Å². The van der Waals surface area contributed by atoms with E-state index in [2.05, 4.69) is 20.5 Å². The van der Waals surface area contributed by atoms with Crippen molar-refractivity contribution in [2.45, 2.75) is 13.5 Å². The van der Waals surface area contributed by atoms with Gasteiger partial charge in [-0.05, 0) is 44.4 Å². The minimum atomic E-state index is -0.111. The second-order valence-electron chi connectivity index (χ2n) is 6.78. The first-order valence-corrected chi connectivity index (χ1v) is 9.64. The number of nitrogens with zero attached hydrogens (tertiary/aromatic N) is 4. The highest BCUT2D eigenvalue weighted by Gasteiger charge is 2.11. The van der Waals surface area contributed by atoms with Crippen LogP contribution in [0, 0.1) is 0 Å². The summed E-state index contributed by atoms with van der Waals surface area (Å²) >= 11 is 1.66. The number of aromatic nitrogens is 3. The van der Waals surface area contributed by atoms with Crippen molar-refractivity contribution in [3.05, 3.63) is 47.6 Å². The lowest BCUT2D eigenvalue weighted by atomic mass is 10.2. The molecule has 0 bridgehead atoms. The number of thiazole rings is 1. The standard InChI is InChI=1S/C20H20N6OS/c1-12(27)22-14-5-4-6-15(9-14)23-20-21-10-13-7-8-16-19(18(13)25-20)28-17(24-16)11-26(2)3/h4-10H,11H2,1-3H3,(H,22,27)(H,21,23,25). The number of hydrogen-bond donors (Lipinski definition) is 2. The maximum absolute atomic E-state index is 11.3. The van der Waals surface area contributed by atoms with Crippen LogP contribution in [0.1, 0.15) is 11.9 Å². The molecule has 0 radical (unpaired) electrons. The van der Waals surface area contributed by atoms with Gasteiger partial charge in [0.25, 0.3) is 0 Å². The van der Waals surface area contributed by atoms with Gasteiger partial charge in [-0.25, -0.2) is 15.0 Å². The fraction of sp³-hybridized carbons (Fsp3) is 0.200. The molecule has 0 spiro atoms. The number of benzene rings is 2. The van der Waals surface area contributed by atoms with Crippen LogP contribution < -0.4 is 10.6 Å². The number of carbonyl (C=O) groups is 1. The summed E-state index contributed by atoms with van der Waals surface area (Å²) in [4.78, 5) is 27.2. The topological polar surface area (TPSA) is 83.0 Å². The number of rotatable bonds is 5. The van der Waals surface area contributed by atoms with Gasteiger partial charge >= 0.3 is 0 Å². The summed E-state index contributed by atoms with van der Waals surface area (Å²) in [5.41, 5.74) is 3.36. The molecule has 28 heavy (non-hydrogen) atoms. The van der Waals surface area contributed by atoms with Gasteiger partial charge in [-0.3, -0.25) is 4.79 Å². The molecule has 0 unspecified atom stereocenters. The van der Waals surface area contributed by atoms with Crippen LogP contribution in [-0.2, 0) is 11.3 Å². The van der Waals surface area contributed by atoms with E-state index in [1.807, 2.05) is 56.7 Å². The van der Waals surface area contributed by atoms with Gasteiger partial charge in [0.15, 0.2) is 0 Å². The molecule has 142 valence electrons. The molecular formula is C20H20N6OS. The molecule has 2 aromatic heterocycles. The molecule has 2 N–H and O–H groups in total. The largest absolute Gasteiger partial charge is 0.326 e. The molecule has 1 amide bonds. The molecule has 7 nitrogen and oxygen atoms in total. The minimum absolute atomic E-state index is 0.111. The number of fused-ring (bicyclic) bond motifs is 3. The summed E-state index contributed by atoms with van der Waals surface area (Å²) in [7, 11) is 4.06. The number of anilines is 3. The first-order chi connectivity index (χ1) is 13.5. The third-order valence-electron chi connectivity index (χ3n) is 4.04. The average Bonchev–Trinajstić information content (AvgIpc) is 3.03. The zero-order valence-corrected chi connectivity index (χ0v) is 16.7. The molecule has 0 saturated carbocycles. The van der Waals surface area contributed by atoms with Gasteiger partial charge in [-0.1, -0.05) is 6.07 Å². The lowest BCUT2D eigenvalue weighted by Gasteiger charge is -2.08. The Bertz CT molecular complexity index is 1170. The maximum atomic E-state index is 11.3. The summed E-state index contributed by atoms with van der Waals surface area (Å²) in [6.07, 6.45) is 1.81. The molecule has 0 fully saturated rings. The van der Waals surface area contributed by atoms with Crippen molar-refractivity contribution >= 4 is 55.7 Å². The number of carbonyl (C=O) groups excluding carboxylic acids is 1. The van der Waals surface area contributed by atoms with E-state index >= 15 is 0 Å². The Kier molecular flexibility index (Phi) is 4.89. The van der Waals surface area contributed by atoms with Gasteiger partial charge in [0.2, 0.25) is 11.9 Å². The number of nitrogens with one attached hydrogen (secondary N) is 2. The monoisotopic (exact) mass is 392 g/mol. The Labute approximate surface area is 166 Å². The van der Waals surface area contributed by atoms with Gasteiger partial charge in [0.05, 0.1) is 15.7 Å². The lowest BCUT2D eigenvalue weighted by Crippen LogP contribution is -2.09. The van der Waals surface area contributed by atoms with Crippen LogP contribution in [0.4, 0.5) is 17.3 Å². The van der Waals surface area contributed by atoms with Crippen LogP contribution in [-0.4, -0.2) is 39.9 Å². The number of amides is 1. The summed E-state index contributed by atoms with van der Waals surface area (Å²) in [6, 6.07) is 11.5. The minimum Gasteiger partial charge on any atom is -0.326 e. The SMILES string of the molecule is CC(=O)Nc1cccc(Nc2ncc3ccc4nc(CN(C)C)sc4c3n2)c1. The van der Waals surface area contributed by atoms with Crippen LogP contribution >= 0.6 is 11.3 Å². The van der Waals surface area contributed by atoms with Crippen molar-refractivity contribution in [2.24, 2.45) is 0 Å². The van der Waals surface area contributed by atoms with Crippen molar-refractivity contribution in [3.63, 3.8) is 0 Å². The second-order valence-corrected chi connectivity index (χ2v) is 7.86. The molecule has 0 saturated heterocycles. The highest BCUT2D eigenvalue weighted by atomic mass is 32.1. The average molecular weight is 392 g/mol. The van der Waals surface area contributed by atoms with Gasteiger partial charge in [-0.2, -0.15) is 0 Å². The molecule has 4 rings (SSSR count). The Morgan fingerprint density at radius 2 is 1.96 bits per heavy atom. The van der Waals surface area contributed by atoms with Crippen LogP contribution in [0.15, 0.2) is 42.6 Å². The van der Waals surface area contributed by atoms with E-state index in [0.29, 0.717) is 5.95 Å². The Morgan fingerprint density at radius 1 is 1.14 bits per heavy atom. The second kappa shape index (κ2) is 7.49. The van der Waals surface area contributed by atoms with Crippen molar-refractivity contribution in [2.75, 3.05) is 24.7 Å². The van der Waals surface area contributed by atoms with Gasteiger partial charge in [0, 0.05) is 36.4 Å². The third-order valence-corrected chi connectivity index (χ3v) is 5.10. The van der Waals surface area contributed by atoms with Crippen molar-refractivity contribution in [1.29, 1.82) is 0 Å². The molecule has 0 aliphatic heterocycles. The predicted molar refractivity (Wildman–Crippen MR) is 114 cm³/mol. The first kappa shape index (κ1) is 18.3. The normalized spacial score (nSPS) is 11.3. The van der Waals surface area contributed by atoms with Gasteiger partial charge in [-0.15, -0.1) is 11.3 Å². The summed E-state index contributed by atoms with van der Waals surface area (Å²) in [6.45, 7) is 2.28. The Balaban J connectivity index is 1.69. The molecule has 8 heteroatoms. The molecule has 0 aliphatic rings. The van der Waals surface area contributed by atoms with Crippen molar-refractivity contribution in [3.8, 4) is 0 Å². The van der Waals surface area contributed by atoms with Crippen molar-refractivity contribution < 1.29 is 4.79 Å². The van der Waals surface area contributed by atoms with Crippen LogP contribution in [0.3, 0.4) is 0 Å². The van der Waals surface area contributed by atoms with Crippen LogP contribution in [0.25, 0.3) is 21.1 Å². The van der Waals surface area contributed by atoms with Crippen molar-refractivity contribution in [1.82, 2.24) is 19.9 Å². The van der Waals surface area contributed by atoms with E-state index in [9.17, 15) is 4.79 Å². The van der Waals surface area contributed by atoms with E-state index in [-0.39, 0.29) is 5.91 Å². The summed E-state index contributed by atoms with van der Waals surface area (Å²) in [5.74, 6) is 0.391. The molecule has 2 heterocycles. The van der Waals surface area contributed by atoms with Gasteiger partial charge < -0.3 is 15.5 Å². The van der Waals surface area contributed by atoms with E-state index < -0.39 is 0 Å². The maximum Gasteiger partial charge on any atom is 0.227 e. The highest BCUT2D eigenvalue weighted by molar-refractivity contribution is 7.19. The molecule has 0 aliphatic carbocycles. The highest BCUT2D eigenvalue weighted by Crippen LogP contribution is 2.30. The third kappa shape index (κ3) is 3.92. The fourth-order valence-electron chi connectivity index (χ4n) is 2.93. The molecule has 4 aromatic rings.